The van der Waals surface area contributed by atoms with Gasteiger partial charge in [0.25, 0.3) is 0 Å². The van der Waals surface area contributed by atoms with Crippen LogP contribution in [-0.4, -0.2) is 37.2 Å². The molecule has 0 saturated heterocycles. The van der Waals surface area contributed by atoms with Gasteiger partial charge in [-0.05, 0) is 70.6 Å². The van der Waals surface area contributed by atoms with Gasteiger partial charge in [0.15, 0.2) is 6.10 Å². The molecule has 0 aliphatic rings. The van der Waals surface area contributed by atoms with E-state index in [9.17, 15) is 14.4 Å². The van der Waals surface area contributed by atoms with Crippen LogP contribution in [0, 0.1) is 0 Å². The molecule has 0 aliphatic heterocycles. The van der Waals surface area contributed by atoms with Crippen molar-refractivity contribution in [2.45, 2.75) is 258 Å². The van der Waals surface area contributed by atoms with E-state index in [1.54, 1.807) is 0 Å². The Morgan fingerprint density at radius 3 is 1.07 bits per heavy atom. The number of hydrogen-bond donors (Lipinski definition) is 0. The molecular formula is C51H92O6. The molecule has 0 fully saturated rings. The number of rotatable bonds is 44. The zero-order chi connectivity index (χ0) is 41.5. The summed E-state index contributed by atoms with van der Waals surface area (Å²) in [4.78, 5) is 37.8. The summed E-state index contributed by atoms with van der Waals surface area (Å²) >= 11 is 0. The Kier molecular flexibility index (Phi) is 44.4. The van der Waals surface area contributed by atoms with Crippen molar-refractivity contribution in [2.24, 2.45) is 0 Å². The highest BCUT2D eigenvalue weighted by atomic mass is 16.6. The molecule has 0 rings (SSSR count). The van der Waals surface area contributed by atoms with Crippen molar-refractivity contribution < 1.29 is 28.6 Å². The monoisotopic (exact) mass is 801 g/mol. The van der Waals surface area contributed by atoms with E-state index >= 15 is 0 Å². The third-order valence-electron chi connectivity index (χ3n) is 10.6. The summed E-state index contributed by atoms with van der Waals surface area (Å²) in [5.74, 6) is -0.896. The van der Waals surface area contributed by atoms with Crippen LogP contribution in [0.5, 0.6) is 0 Å². The highest BCUT2D eigenvalue weighted by molar-refractivity contribution is 5.71. The molecule has 0 aromatic rings. The number of unbranched alkanes of at least 4 members (excludes halogenated alkanes) is 27. The minimum absolute atomic E-state index is 0.0780. The maximum Gasteiger partial charge on any atom is 0.306 e. The molecule has 0 aromatic heterocycles. The lowest BCUT2D eigenvalue weighted by Crippen LogP contribution is -2.30. The van der Waals surface area contributed by atoms with Gasteiger partial charge in [-0.15, -0.1) is 0 Å². The topological polar surface area (TPSA) is 78.9 Å². The van der Waals surface area contributed by atoms with Crippen LogP contribution in [0.3, 0.4) is 0 Å². The molecule has 0 bridgehead atoms. The molecule has 0 aliphatic carbocycles. The van der Waals surface area contributed by atoms with Gasteiger partial charge >= 0.3 is 17.9 Å². The third-order valence-corrected chi connectivity index (χ3v) is 10.6. The molecule has 57 heavy (non-hydrogen) atoms. The lowest BCUT2D eigenvalue weighted by Gasteiger charge is -2.18. The normalized spacial score (nSPS) is 12.3. The minimum atomic E-state index is -0.777. The van der Waals surface area contributed by atoms with E-state index in [1.165, 1.54) is 122 Å². The van der Waals surface area contributed by atoms with E-state index in [0.29, 0.717) is 19.3 Å². The van der Waals surface area contributed by atoms with Crippen molar-refractivity contribution in [1.82, 2.24) is 0 Å². The van der Waals surface area contributed by atoms with Gasteiger partial charge in [-0.1, -0.05) is 198 Å². The van der Waals surface area contributed by atoms with Gasteiger partial charge in [-0.2, -0.15) is 0 Å². The minimum Gasteiger partial charge on any atom is -0.462 e. The third kappa shape index (κ3) is 44.6. The summed E-state index contributed by atoms with van der Waals surface area (Å²) in [6.45, 7) is 6.56. The number of esters is 3. The molecular weight excluding hydrogens is 709 g/mol. The fourth-order valence-corrected chi connectivity index (χ4v) is 6.86. The Bertz CT molecular complexity index is 969. The zero-order valence-corrected chi connectivity index (χ0v) is 37.9. The molecule has 0 heterocycles. The lowest BCUT2D eigenvalue weighted by atomic mass is 10.0. The average molecular weight is 801 g/mol. The molecule has 0 aromatic carbocycles. The number of carbonyl (C=O) groups excluding carboxylic acids is 3. The summed E-state index contributed by atoms with van der Waals surface area (Å²) in [7, 11) is 0. The summed E-state index contributed by atoms with van der Waals surface area (Å²) in [6.07, 6.45) is 52.6. The molecule has 1 atom stereocenters. The largest absolute Gasteiger partial charge is 0.462 e. The number of hydrogen-bond acceptors (Lipinski definition) is 6. The van der Waals surface area contributed by atoms with Crippen molar-refractivity contribution in [3.05, 3.63) is 36.5 Å². The maximum absolute atomic E-state index is 12.7. The van der Waals surface area contributed by atoms with Crippen molar-refractivity contribution in [1.29, 1.82) is 0 Å². The second-order valence-corrected chi connectivity index (χ2v) is 16.4. The van der Waals surface area contributed by atoms with Crippen molar-refractivity contribution in [3.8, 4) is 0 Å². The first kappa shape index (κ1) is 54.6. The molecule has 0 N–H and O–H groups in total. The Balaban J connectivity index is 4.39. The number of carbonyl (C=O) groups is 3. The van der Waals surface area contributed by atoms with Gasteiger partial charge in [0.1, 0.15) is 13.2 Å². The summed E-state index contributed by atoms with van der Waals surface area (Å²) < 4.78 is 16.7. The Labute approximate surface area is 353 Å². The summed E-state index contributed by atoms with van der Waals surface area (Å²) in [6, 6.07) is 0. The van der Waals surface area contributed by atoms with Crippen LogP contribution in [0.15, 0.2) is 36.5 Å². The van der Waals surface area contributed by atoms with Gasteiger partial charge in [-0.3, -0.25) is 14.4 Å². The second kappa shape index (κ2) is 46.3. The molecule has 0 saturated carbocycles. The van der Waals surface area contributed by atoms with Gasteiger partial charge in [0.05, 0.1) is 0 Å². The molecule has 6 heteroatoms. The van der Waals surface area contributed by atoms with E-state index in [-0.39, 0.29) is 31.1 Å². The van der Waals surface area contributed by atoms with Crippen LogP contribution in [0.4, 0.5) is 0 Å². The Hall–Kier alpha value is -2.37. The van der Waals surface area contributed by atoms with Crippen molar-refractivity contribution >= 4 is 17.9 Å². The molecule has 0 amide bonds. The van der Waals surface area contributed by atoms with E-state index in [4.69, 9.17) is 14.2 Å². The van der Waals surface area contributed by atoms with Crippen molar-refractivity contribution in [3.63, 3.8) is 0 Å². The maximum atomic E-state index is 12.7. The van der Waals surface area contributed by atoms with Crippen LogP contribution >= 0.6 is 0 Å². The smallest absolute Gasteiger partial charge is 0.306 e. The molecule has 0 unspecified atom stereocenters. The summed E-state index contributed by atoms with van der Waals surface area (Å²) in [5.41, 5.74) is 0. The quantitative estimate of drug-likeness (QED) is 0.0264. The first-order valence-corrected chi connectivity index (χ1v) is 24.5. The van der Waals surface area contributed by atoms with Crippen molar-refractivity contribution in [2.75, 3.05) is 13.2 Å². The molecule has 0 spiro atoms. The fraction of sp³-hybridized carbons (Fsp3) is 0.824. The first-order chi connectivity index (χ1) is 28.0. The predicted molar refractivity (Wildman–Crippen MR) is 242 cm³/mol. The first-order valence-electron chi connectivity index (χ1n) is 24.5. The lowest BCUT2D eigenvalue weighted by molar-refractivity contribution is -0.167. The van der Waals surface area contributed by atoms with Gasteiger partial charge < -0.3 is 14.2 Å². The van der Waals surface area contributed by atoms with Crippen LogP contribution in [0.2, 0.25) is 0 Å². The van der Waals surface area contributed by atoms with E-state index in [2.05, 4.69) is 57.2 Å². The Morgan fingerprint density at radius 1 is 0.351 bits per heavy atom. The number of ether oxygens (including phenoxy) is 3. The molecule has 6 nitrogen and oxygen atoms in total. The van der Waals surface area contributed by atoms with Crippen LogP contribution in [-0.2, 0) is 28.6 Å². The highest BCUT2D eigenvalue weighted by Crippen LogP contribution is 2.15. The van der Waals surface area contributed by atoms with Crippen LogP contribution in [0.1, 0.15) is 252 Å². The standard InChI is InChI=1S/C51H92O6/c1-4-7-10-13-16-19-22-24-25-27-30-33-36-39-42-45-51(54)57-48(46-55-49(52)43-40-37-34-31-28-21-18-15-12-9-6-3)47-56-50(53)44-41-38-35-32-29-26-23-20-17-14-11-8-5-2/h15-16,18-19,24-25,48H,4-14,17,20-23,26-47H2,1-3H3/b18-15-,19-16-,25-24-/t48-/m1/s1. The van der Waals surface area contributed by atoms with Gasteiger partial charge in [-0.25, -0.2) is 0 Å². The van der Waals surface area contributed by atoms with Gasteiger partial charge in [0, 0.05) is 19.3 Å². The van der Waals surface area contributed by atoms with Crippen LogP contribution < -0.4 is 0 Å². The summed E-state index contributed by atoms with van der Waals surface area (Å²) in [5, 5.41) is 0. The van der Waals surface area contributed by atoms with E-state index in [0.717, 1.165) is 89.9 Å². The average Bonchev–Trinajstić information content (AvgIpc) is 3.21. The molecule has 0 radical (unpaired) electrons. The van der Waals surface area contributed by atoms with Crippen LogP contribution in [0.25, 0.3) is 0 Å². The zero-order valence-electron chi connectivity index (χ0n) is 37.9. The Morgan fingerprint density at radius 2 is 0.649 bits per heavy atom. The second-order valence-electron chi connectivity index (χ2n) is 16.4. The van der Waals surface area contributed by atoms with E-state index < -0.39 is 6.10 Å². The molecule has 332 valence electrons. The predicted octanol–water partition coefficient (Wildman–Crippen LogP) is 15.8. The van der Waals surface area contributed by atoms with E-state index in [1.807, 2.05) is 0 Å². The number of allylic oxidation sites excluding steroid dienone is 6. The highest BCUT2D eigenvalue weighted by Gasteiger charge is 2.19. The van der Waals surface area contributed by atoms with Gasteiger partial charge in [0.2, 0.25) is 0 Å². The SMILES string of the molecule is CCCC/C=C\CCCCCCCC(=O)OC[C@H](COC(=O)CCCCCCCCCCCCCCC)OC(=O)CCCCCCC/C=C\C/C=C\CCCCC. The fourth-order valence-electron chi connectivity index (χ4n) is 6.86.